The Morgan fingerprint density at radius 3 is 2.19 bits per heavy atom. The zero-order valence-corrected chi connectivity index (χ0v) is 12.4. The second-order valence-corrected chi connectivity index (χ2v) is 4.54. The van der Waals surface area contributed by atoms with Crippen molar-refractivity contribution in [3.05, 3.63) is 35.6 Å². The van der Waals surface area contributed by atoms with Crippen LogP contribution in [-0.2, 0) is 25.5 Å². The van der Waals surface area contributed by atoms with E-state index in [0.717, 1.165) is 0 Å². The molecule has 0 N–H and O–H groups in total. The lowest BCUT2D eigenvalue weighted by atomic mass is 9.99. The van der Waals surface area contributed by atoms with Gasteiger partial charge >= 0.3 is 11.9 Å². The van der Waals surface area contributed by atoms with Crippen LogP contribution in [0.25, 0.3) is 0 Å². The third-order valence-corrected chi connectivity index (χ3v) is 3.04. The molecule has 0 saturated heterocycles. The van der Waals surface area contributed by atoms with Crippen LogP contribution in [0.1, 0.15) is 32.3 Å². The van der Waals surface area contributed by atoms with Gasteiger partial charge in [-0.2, -0.15) is 0 Å². The van der Waals surface area contributed by atoms with E-state index in [0.29, 0.717) is 18.4 Å². The predicted octanol–water partition coefficient (Wildman–Crippen LogP) is 2.89. The molecule has 0 atom stereocenters. The van der Waals surface area contributed by atoms with Gasteiger partial charge in [0.15, 0.2) is 5.92 Å². The van der Waals surface area contributed by atoms with E-state index in [9.17, 15) is 14.0 Å². The molecule has 4 nitrogen and oxygen atoms in total. The van der Waals surface area contributed by atoms with Gasteiger partial charge < -0.3 is 9.47 Å². The van der Waals surface area contributed by atoms with Crippen molar-refractivity contribution in [2.45, 2.75) is 33.1 Å². The summed E-state index contributed by atoms with van der Waals surface area (Å²) in [6.07, 6.45) is 1.25. The van der Waals surface area contributed by atoms with E-state index in [4.69, 9.17) is 9.47 Å². The standard InChI is InChI=1S/C16H21FO4/c1-3-20-15(18)13(16(19)21-4-2)10-7-9-12-8-5-6-11-14(12)17/h5-6,8,11,13H,3-4,7,9-10H2,1-2H3. The summed E-state index contributed by atoms with van der Waals surface area (Å²) in [6.45, 7) is 3.78. The van der Waals surface area contributed by atoms with E-state index < -0.39 is 17.9 Å². The molecule has 0 aliphatic carbocycles. The predicted molar refractivity (Wildman–Crippen MR) is 76.1 cm³/mol. The molecule has 0 unspecified atom stereocenters. The fourth-order valence-corrected chi connectivity index (χ4v) is 2.02. The summed E-state index contributed by atoms with van der Waals surface area (Å²) in [6, 6.07) is 6.47. The minimum absolute atomic E-state index is 0.210. The highest BCUT2D eigenvalue weighted by atomic mass is 19.1. The quantitative estimate of drug-likeness (QED) is 0.547. The van der Waals surface area contributed by atoms with Gasteiger partial charge in [0.25, 0.3) is 0 Å². The average Bonchev–Trinajstić information content (AvgIpc) is 2.45. The number of halogens is 1. The SMILES string of the molecule is CCOC(=O)C(CCCc1ccccc1F)C(=O)OCC. The van der Waals surface area contributed by atoms with Crippen LogP contribution in [0.4, 0.5) is 4.39 Å². The number of rotatable bonds is 8. The molecule has 0 aliphatic heterocycles. The summed E-state index contributed by atoms with van der Waals surface area (Å²) in [5.74, 6) is -2.37. The van der Waals surface area contributed by atoms with Gasteiger partial charge in [-0.3, -0.25) is 9.59 Å². The van der Waals surface area contributed by atoms with Gasteiger partial charge in [0.05, 0.1) is 13.2 Å². The average molecular weight is 296 g/mol. The fraction of sp³-hybridized carbons (Fsp3) is 0.500. The Kier molecular flexibility index (Phi) is 7.43. The lowest BCUT2D eigenvalue weighted by Crippen LogP contribution is -2.28. The van der Waals surface area contributed by atoms with E-state index in [1.807, 2.05) is 0 Å². The number of esters is 2. The topological polar surface area (TPSA) is 52.6 Å². The maximum atomic E-state index is 13.5. The Hall–Kier alpha value is -1.91. The number of carbonyl (C=O) groups excluding carboxylic acids is 2. The summed E-state index contributed by atoms with van der Waals surface area (Å²) in [4.78, 5) is 23.5. The van der Waals surface area contributed by atoms with Crippen LogP contribution in [0.3, 0.4) is 0 Å². The molecule has 0 aliphatic rings. The Labute approximate surface area is 124 Å². The smallest absolute Gasteiger partial charge is 0.320 e. The number of aryl methyl sites for hydroxylation is 1. The van der Waals surface area contributed by atoms with Gasteiger partial charge in [-0.15, -0.1) is 0 Å². The first-order valence-electron chi connectivity index (χ1n) is 7.16. The highest BCUT2D eigenvalue weighted by molar-refractivity contribution is 5.94. The van der Waals surface area contributed by atoms with Crippen LogP contribution in [0.15, 0.2) is 24.3 Å². The Morgan fingerprint density at radius 1 is 1.10 bits per heavy atom. The molecule has 0 aromatic heterocycles. The summed E-state index contributed by atoms with van der Waals surface area (Å²) >= 11 is 0. The van der Waals surface area contributed by atoms with Crippen molar-refractivity contribution in [2.75, 3.05) is 13.2 Å². The zero-order chi connectivity index (χ0) is 15.7. The first-order valence-corrected chi connectivity index (χ1v) is 7.16. The number of ether oxygens (including phenoxy) is 2. The van der Waals surface area contributed by atoms with Gasteiger partial charge in [0, 0.05) is 0 Å². The van der Waals surface area contributed by atoms with Crippen LogP contribution in [0.5, 0.6) is 0 Å². The van der Waals surface area contributed by atoms with Crippen molar-refractivity contribution < 1.29 is 23.5 Å². The summed E-state index contributed by atoms with van der Waals surface area (Å²) in [7, 11) is 0. The van der Waals surface area contributed by atoms with Gasteiger partial charge in [-0.1, -0.05) is 18.2 Å². The first-order chi connectivity index (χ1) is 10.1. The monoisotopic (exact) mass is 296 g/mol. The molecule has 0 heterocycles. The normalized spacial score (nSPS) is 10.5. The van der Waals surface area contributed by atoms with Crippen molar-refractivity contribution in [1.29, 1.82) is 0 Å². The second kappa shape index (κ2) is 9.10. The lowest BCUT2D eigenvalue weighted by Gasteiger charge is -2.14. The second-order valence-electron chi connectivity index (χ2n) is 4.54. The van der Waals surface area contributed by atoms with Crippen LogP contribution in [0.2, 0.25) is 0 Å². The van der Waals surface area contributed by atoms with E-state index >= 15 is 0 Å². The maximum absolute atomic E-state index is 13.5. The van der Waals surface area contributed by atoms with Crippen molar-refractivity contribution in [3.8, 4) is 0 Å². The molecule has 0 saturated carbocycles. The molecule has 0 radical (unpaired) electrons. The zero-order valence-electron chi connectivity index (χ0n) is 12.4. The molecule has 116 valence electrons. The van der Waals surface area contributed by atoms with Crippen LogP contribution < -0.4 is 0 Å². The minimum atomic E-state index is -0.934. The largest absolute Gasteiger partial charge is 0.465 e. The third kappa shape index (κ3) is 5.53. The van der Waals surface area contributed by atoms with E-state index in [1.165, 1.54) is 6.07 Å². The highest BCUT2D eigenvalue weighted by Gasteiger charge is 2.28. The van der Waals surface area contributed by atoms with E-state index in [1.54, 1.807) is 32.0 Å². The van der Waals surface area contributed by atoms with Crippen molar-refractivity contribution in [2.24, 2.45) is 5.92 Å². The molecule has 0 amide bonds. The summed E-state index contributed by atoms with van der Waals surface area (Å²) in [5, 5.41) is 0. The molecular weight excluding hydrogens is 275 g/mol. The van der Waals surface area contributed by atoms with Gasteiger partial charge in [0.2, 0.25) is 0 Å². The summed E-state index contributed by atoms with van der Waals surface area (Å²) in [5.41, 5.74) is 0.573. The molecule has 1 aromatic carbocycles. The molecular formula is C16H21FO4. The molecule has 21 heavy (non-hydrogen) atoms. The molecule has 5 heteroatoms. The highest BCUT2D eigenvalue weighted by Crippen LogP contribution is 2.16. The number of benzene rings is 1. The maximum Gasteiger partial charge on any atom is 0.320 e. The lowest BCUT2D eigenvalue weighted by molar-refractivity contribution is -0.161. The van der Waals surface area contributed by atoms with Crippen LogP contribution in [-0.4, -0.2) is 25.2 Å². The van der Waals surface area contributed by atoms with Gasteiger partial charge in [-0.25, -0.2) is 4.39 Å². The Bertz CT molecular complexity index is 455. The Balaban J connectivity index is 2.58. The van der Waals surface area contributed by atoms with Crippen LogP contribution >= 0.6 is 0 Å². The first kappa shape index (κ1) is 17.1. The van der Waals surface area contributed by atoms with Gasteiger partial charge in [-0.05, 0) is 44.7 Å². The van der Waals surface area contributed by atoms with E-state index in [2.05, 4.69) is 0 Å². The van der Waals surface area contributed by atoms with E-state index in [-0.39, 0.29) is 25.5 Å². The van der Waals surface area contributed by atoms with Crippen molar-refractivity contribution in [3.63, 3.8) is 0 Å². The van der Waals surface area contributed by atoms with Crippen molar-refractivity contribution >= 4 is 11.9 Å². The Morgan fingerprint density at radius 2 is 1.67 bits per heavy atom. The minimum Gasteiger partial charge on any atom is -0.465 e. The number of hydrogen-bond acceptors (Lipinski definition) is 4. The van der Waals surface area contributed by atoms with Gasteiger partial charge in [0.1, 0.15) is 5.82 Å². The number of hydrogen-bond donors (Lipinski definition) is 0. The van der Waals surface area contributed by atoms with Crippen LogP contribution in [0, 0.1) is 11.7 Å². The summed E-state index contributed by atoms with van der Waals surface area (Å²) < 4.78 is 23.3. The molecule has 0 fully saturated rings. The number of carbonyl (C=O) groups is 2. The fourth-order valence-electron chi connectivity index (χ4n) is 2.02. The third-order valence-electron chi connectivity index (χ3n) is 3.04. The molecule has 0 spiro atoms. The van der Waals surface area contributed by atoms with Crippen molar-refractivity contribution in [1.82, 2.24) is 0 Å². The molecule has 1 aromatic rings. The molecule has 1 rings (SSSR count). The molecule has 0 bridgehead atoms.